The zero-order valence-electron chi connectivity index (χ0n) is 13.9. The summed E-state index contributed by atoms with van der Waals surface area (Å²) in [7, 11) is 2.17. The summed E-state index contributed by atoms with van der Waals surface area (Å²) in [5.74, 6) is 0.277. The van der Waals surface area contributed by atoms with E-state index in [1.54, 1.807) is 0 Å². The lowest BCUT2D eigenvalue weighted by atomic mass is 9.94. The van der Waals surface area contributed by atoms with Gasteiger partial charge < -0.3 is 4.90 Å². The minimum Gasteiger partial charge on any atom is -0.303 e. The summed E-state index contributed by atoms with van der Waals surface area (Å²) in [4.78, 5) is 6.90. The average Bonchev–Trinajstić information content (AvgIpc) is 2.74. The van der Waals surface area contributed by atoms with Gasteiger partial charge in [0.15, 0.2) is 0 Å². The standard InChI is InChI=1S/C20H26N2/c1-4-15-22(3)16-13-19(20-10-5-6-14-21-20)18-9-7-8-17(2)11-12-18/h5-14,18H,4,15-16H2,1-3H3/b19-13+. The average molecular weight is 294 g/mol. The lowest BCUT2D eigenvalue weighted by Crippen LogP contribution is -2.19. The Balaban J connectivity index is 2.26. The summed E-state index contributed by atoms with van der Waals surface area (Å²) >= 11 is 0. The van der Waals surface area contributed by atoms with E-state index in [1.807, 2.05) is 12.3 Å². The van der Waals surface area contributed by atoms with Crippen molar-refractivity contribution in [2.75, 3.05) is 20.1 Å². The molecular weight excluding hydrogens is 268 g/mol. The highest BCUT2D eigenvalue weighted by molar-refractivity contribution is 5.68. The van der Waals surface area contributed by atoms with E-state index in [1.165, 1.54) is 17.6 Å². The van der Waals surface area contributed by atoms with E-state index in [0.717, 1.165) is 18.8 Å². The normalized spacial score (nSPS) is 18.5. The molecule has 1 aromatic rings. The van der Waals surface area contributed by atoms with Gasteiger partial charge in [0.1, 0.15) is 0 Å². The summed E-state index contributed by atoms with van der Waals surface area (Å²) in [6.45, 7) is 6.40. The van der Waals surface area contributed by atoms with E-state index in [2.05, 4.69) is 79.4 Å². The van der Waals surface area contributed by atoms with Gasteiger partial charge >= 0.3 is 0 Å². The van der Waals surface area contributed by atoms with Crippen LogP contribution < -0.4 is 0 Å². The number of hydrogen-bond donors (Lipinski definition) is 0. The molecule has 22 heavy (non-hydrogen) atoms. The molecule has 1 atom stereocenters. The molecule has 1 heterocycles. The third kappa shape index (κ3) is 4.81. The van der Waals surface area contributed by atoms with Crippen molar-refractivity contribution >= 4 is 5.57 Å². The van der Waals surface area contributed by atoms with Crippen LogP contribution in [0.25, 0.3) is 5.57 Å². The second-order valence-electron chi connectivity index (χ2n) is 5.82. The monoisotopic (exact) mass is 294 g/mol. The van der Waals surface area contributed by atoms with Gasteiger partial charge in [-0.2, -0.15) is 0 Å². The molecule has 0 radical (unpaired) electrons. The molecule has 1 aromatic heterocycles. The fourth-order valence-corrected chi connectivity index (χ4v) is 2.58. The fraction of sp³-hybridized carbons (Fsp3) is 0.350. The summed E-state index contributed by atoms with van der Waals surface area (Å²) < 4.78 is 0. The van der Waals surface area contributed by atoms with Crippen LogP contribution >= 0.6 is 0 Å². The van der Waals surface area contributed by atoms with Crippen molar-refractivity contribution in [1.29, 1.82) is 0 Å². The van der Waals surface area contributed by atoms with Gasteiger partial charge in [0.25, 0.3) is 0 Å². The maximum atomic E-state index is 4.56. The minimum atomic E-state index is 0.277. The second-order valence-corrected chi connectivity index (χ2v) is 5.82. The third-order valence-corrected chi connectivity index (χ3v) is 3.79. The Kier molecular flexibility index (Phi) is 6.35. The quantitative estimate of drug-likeness (QED) is 0.768. The van der Waals surface area contributed by atoms with Crippen molar-refractivity contribution in [3.05, 3.63) is 72.1 Å². The van der Waals surface area contributed by atoms with Crippen LogP contribution in [-0.4, -0.2) is 30.0 Å². The molecule has 1 unspecified atom stereocenters. The lowest BCUT2D eigenvalue weighted by Gasteiger charge is -2.17. The van der Waals surface area contributed by atoms with E-state index >= 15 is 0 Å². The highest BCUT2D eigenvalue weighted by Crippen LogP contribution is 2.26. The van der Waals surface area contributed by atoms with Crippen LogP contribution in [0.3, 0.4) is 0 Å². The number of likely N-dealkylation sites (N-methyl/N-ethyl adjacent to an activating group) is 1. The molecule has 0 saturated heterocycles. The van der Waals surface area contributed by atoms with Gasteiger partial charge in [-0.3, -0.25) is 4.98 Å². The summed E-state index contributed by atoms with van der Waals surface area (Å²) in [6, 6.07) is 6.12. The van der Waals surface area contributed by atoms with E-state index in [0.29, 0.717) is 0 Å². The first-order valence-corrected chi connectivity index (χ1v) is 8.04. The van der Waals surface area contributed by atoms with E-state index in [9.17, 15) is 0 Å². The molecule has 0 aromatic carbocycles. The molecular formula is C20H26N2. The van der Waals surface area contributed by atoms with Crippen LogP contribution in [0.2, 0.25) is 0 Å². The van der Waals surface area contributed by atoms with Crippen LogP contribution in [0.5, 0.6) is 0 Å². The summed E-state index contributed by atoms with van der Waals surface area (Å²) in [5, 5.41) is 0. The SMILES string of the molecule is CCCN(C)C/C=C(/c1ccccn1)C1C=CC=C(C)C=C1. The first-order chi connectivity index (χ1) is 10.7. The van der Waals surface area contributed by atoms with Crippen LogP contribution in [-0.2, 0) is 0 Å². The van der Waals surface area contributed by atoms with Gasteiger partial charge in [-0.1, -0.05) is 55.0 Å². The van der Waals surface area contributed by atoms with Gasteiger partial charge in [0.2, 0.25) is 0 Å². The molecule has 1 aliphatic rings. The van der Waals surface area contributed by atoms with Gasteiger partial charge in [-0.15, -0.1) is 0 Å². The topological polar surface area (TPSA) is 16.1 Å². The molecule has 1 aliphatic carbocycles. The second kappa shape index (κ2) is 8.50. The number of pyridine rings is 1. The van der Waals surface area contributed by atoms with Crippen molar-refractivity contribution in [3.8, 4) is 0 Å². The third-order valence-electron chi connectivity index (χ3n) is 3.79. The van der Waals surface area contributed by atoms with Crippen LogP contribution in [0.4, 0.5) is 0 Å². The van der Waals surface area contributed by atoms with Gasteiger partial charge in [-0.25, -0.2) is 0 Å². The van der Waals surface area contributed by atoms with Crippen molar-refractivity contribution in [1.82, 2.24) is 9.88 Å². The largest absolute Gasteiger partial charge is 0.303 e. The Labute approximate surface area is 134 Å². The van der Waals surface area contributed by atoms with E-state index in [-0.39, 0.29) is 5.92 Å². The summed E-state index contributed by atoms with van der Waals surface area (Å²) in [6.07, 6.45) is 16.3. The molecule has 0 amide bonds. The first-order valence-electron chi connectivity index (χ1n) is 8.04. The molecule has 2 nitrogen and oxygen atoms in total. The molecule has 116 valence electrons. The number of aromatic nitrogens is 1. The van der Waals surface area contributed by atoms with Gasteiger partial charge in [0.05, 0.1) is 5.69 Å². The first kappa shape index (κ1) is 16.4. The Morgan fingerprint density at radius 1 is 1.32 bits per heavy atom. The maximum absolute atomic E-state index is 4.56. The lowest BCUT2D eigenvalue weighted by molar-refractivity contribution is 0.371. The van der Waals surface area contributed by atoms with Crippen LogP contribution in [0.1, 0.15) is 26.0 Å². The predicted molar refractivity (Wildman–Crippen MR) is 95.5 cm³/mol. The number of nitrogens with zero attached hydrogens (tertiary/aromatic N) is 2. The molecule has 2 rings (SSSR count). The maximum Gasteiger partial charge on any atom is 0.0668 e. The zero-order valence-corrected chi connectivity index (χ0v) is 13.9. The molecule has 0 aliphatic heterocycles. The van der Waals surface area contributed by atoms with E-state index < -0.39 is 0 Å². The smallest absolute Gasteiger partial charge is 0.0668 e. The van der Waals surface area contributed by atoms with Crippen molar-refractivity contribution < 1.29 is 0 Å². The van der Waals surface area contributed by atoms with Gasteiger partial charge in [-0.05, 0) is 44.6 Å². The Bertz CT molecular complexity index is 579. The van der Waals surface area contributed by atoms with E-state index in [4.69, 9.17) is 0 Å². The molecule has 0 saturated carbocycles. The fourth-order valence-electron chi connectivity index (χ4n) is 2.58. The highest BCUT2D eigenvalue weighted by Gasteiger charge is 2.12. The Morgan fingerprint density at radius 2 is 2.18 bits per heavy atom. The number of rotatable bonds is 6. The van der Waals surface area contributed by atoms with Crippen LogP contribution in [0.15, 0.2) is 66.4 Å². The molecule has 0 bridgehead atoms. The zero-order chi connectivity index (χ0) is 15.8. The summed E-state index contributed by atoms with van der Waals surface area (Å²) in [5.41, 5.74) is 3.62. The van der Waals surface area contributed by atoms with Crippen LogP contribution in [0, 0.1) is 5.92 Å². The Hall–Kier alpha value is -1.93. The number of allylic oxidation sites excluding steroid dienone is 7. The predicted octanol–water partition coefficient (Wildman–Crippen LogP) is 4.50. The Morgan fingerprint density at radius 3 is 2.91 bits per heavy atom. The van der Waals surface area contributed by atoms with Crippen molar-refractivity contribution in [3.63, 3.8) is 0 Å². The highest BCUT2D eigenvalue weighted by atomic mass is 15.1. The minimum absolute atomic E-state index is 0.277. The molecule has 0 spiro atoms. The van der Waals surface area contributed by atoms with Crippen molar-refractivity contribution in [2.24, 2.45) is 5.92 Å². The molecule has 2 heteroatoms. The number of hydrogen-bond acceptors (Lipinski definition) is 2. The molecule has 0 fully saturated rings. The van der Waals surface area contributed by atoms with Crippen molar-refractivity contribution in [2.45, 2.75) is 20.3 Å². The molecule has 0 N–H and O–H groups in total. The van der Waals surface area contributed by atoms with Gasteiger partial charge in [0, 0.05) is 18.7 Å².